The standard InChI is InChI=1S/C29H30ClN5O4S/c1-5-38-28(37)26-18(3)32-29(40)33-27(26)23-8-6-7-9-24(23)39-16-25(36)34-31-15-20-14-17(2)35(19(20)4)22-12-10-21(30)11-13-22/h6-15,27H,5,16H2,1-4H3,(H,34,36)(H2,32,33,40)/t27-/m0/s1. The third-order valence-corrected chi connectivity index (χ3v) is 6.77. The average Bonchev–Trinajstić information content (AvgIpc) is 3.20. The molecule has 40 heavy (non-hydrogen) atoms. The van der Waals surface area contributed by atoms with E-state index in [2.05, 4.69) is 25.7 Å². The lowest BCUT2D eigenvalue weighted by Crippen LogP contribution is -2.45. The Labute approximate surface area is 243 Å². The Morgan fingerprint density at radius 3 is 2.60 bits per heavy atom. The molecule has 1 amide bonds. The summed E-state index contributed by atoms with van der Waals surface area (Å²) in [6.07, 6.45) is 1.60. The smallest absolute Gasteiger partial charge is 0.338 e. The summed E-state index contributed by atoms with van der Waals surface area (Å²) in [4.78, 5) is 25.3. The molecule has 3 N–H and O–H groups in total. The number of esters is 1. The van der Waals surface area contributed by atoms with E-state index in [-0.39, 0.29) is 13.2 Å². The van der Waals surface area contributed by atoms with E-state index in [1.807, 2.05) is 50.2 Å². The molecule has 1 aliphatic heterocycles. The quantitative estimate of drug-likeness (QED) is 0.147. The number of aromatic nitrogens is 1. The van der Waals surface area contributed by atoms with Gasteiger partial charge in [0.15, 0.2) is 11.7 Å². The maximum absolute atomic E-state index is 12.7. The number of carbonyl (C=O) groups excluding carboxylic acids is 2. The minimum absolute atomic E-state index is 0.233. The number of carbonyl (C=O) groups is 2. The molecule has 3 aromatic rings. The predicted molar refractivity (Wildman–Crippen MR) is 159 cm³/mol. The van der Waals surface area contributed by atoms with Gasteiger partial charge in [0, 0.05) is 38.9 Å². The van der Waals surface area contributed by atoms with Crippen LogP contribution in [0.25, 0.3) is 5.69 Å². The van der Waals surface area contributed by atoms with Gasteiger partial charge >= 0.3 is 5.97 Å². The van der Waals surface area contributed by atoms with Gasteiger partial charge in [-0.1, -0.05) is 29.8 Å². The second-order valence-electron chi connectivity index (χ2n) is 9.05. The number of hydrogen-bond acceptors (Lipinski definition) is 6. The first kappa shape index (κ1) is 28.8. The van der Waals surface area contributed by atoms with E-state index >= 15 is 0 Å². The molecule has 0 spiro atoms. The molecule has 0 fully saturated rings. The van der Waals surface area contributed by atoms with Crippen molar-refractivity contribution in [2.24, 2.45) is 5.10 Å². The Kier molecular flexibility index (Phi) is 9.23. The number of aryl methyl sites for hydroxylation is 1. The minimum atomic E-state index is -0.610. The fourth-order valence-electron chi connectivity index (χ4n) is 4.51. The summed E-state index contributed by atoms with van der Waals surface area (Å²) in [6.45, 7) is 7.42. The zero-order chi connectivity index (χ0) is 28.8. The molecule has 9 nitrogen and oxygen atoms in total. The number of benzene rings is 2. The molecule has 0 saturated heterocycles. The lowest BCUT2D eigenvalue weighted by Gasteiger charge is -2.30. The van der Waals surface area contributed by atoms with E-state index in [9.17, 15) is 9.59 Å². The number of thiocarbonyl (C=S) groups is 1. The van der Waals surface area contributed by atoms with Crippen molar-refractivity contribution in [1.29, 1.82) is 0 Å². The third-order valence-electron chi connectivity index (χ3n) is 6.30. The summed E-state index contributed by atoms with van der Waals surface area (Å²) in [5.41, 5.74) is 7.95. The van der Waals surface area contributed by atoms with Crippen LogP contribution in [-0.4, -0.2) is 41.0 Å². The second-order valence-corrected chi connectivity index (χ2v) is 9.89. The molecule has 1 aliphatic rings. The Morgan fingerprint density at radius 1 is 1.15 bits per heavy atom. The zero-order valence-corrected chi connectivity index (χ0v) is 24.2. The van der Waals surface area contributed by atoms with Gasteiger partial charge in [0.1, 0.15) is 5.75 Å². The maximum Gasteiger partial charge on any atom is 0.338 e. The Hall–Kier alpha value is -4.15. The highest BCUT2D eigenvalue weighted by Crippen LogP contribution is 2.33. The molecule has 2 aromatic carbocycles. The van der Waals surface area contributed by atoms with E-state index in [1.165, 1.54) is 0 Å². The van der Waals surface area contributed by atoms with Gasteiger partial charge in [-0.3, -0.25) is 4.79 Å². The van der Waals surface area contributed by atoms with Gasteiger partial charge in [0.05, 0.1) is 24.4 Å². The molecular weight excluding hydrogens is 550 g/mol. The van der Waals surface area contributed by atoms with Gasteiger partial charge < -0.3 is 24.7 Å². The lowest BCUT2D eigenvalue weighted by molar-refractivity contribution is -0.139. The highest BCUT2D eigenvalue weighted by molar-refractivity contribution is 7.80. The molecular formula is C29H30ClN5O4S. The molecule has 0 saturated carbocycles. The second kappa shape index (κ2) is 12.8. The number of hydrogen-bond donors (Lipinski definition) is 3. The number of para-hydroxylation sites is 1. The Morgan fingerprint density at radius 2 is 1.88 bits per heavy atom. The highest BCUT2D eigenvalue weighted by Gasteiger charge is 2.32. The average molecular weight is 580 g/mol. The van der Waals surface area contributed by atoms with Crippen molar-refractivity contribution in [2.75, 3.05) is 13.2 Å². The lowest BCUT2D eigenvalue weighted by atomic mass is 9.95. The predicted octanol–water partition coefficient (Wildman–Crippen LogP) is 4.63. The molecule has 0 radical (unpaired) electrons. The summed E-state index contributed by atoms with van der Waals surface area (Å²) in [7, 11) is 0. The summed E-state index contributed by atoms with van der Waals surface area (Å²) in [5, 5.41) is 11.2. The normalized spacial score (nSPS) is 15.0. The van der Waals surface area contributed by atoms with Crippen molar-refractivity contribution in [3.63, 3.8) is 0 Å². The summed E-state index contributed by atoms with van der Waals surface area (Å²) in [6, 6.07) is 16.1. The van der Waals surface area contributed by atoms with E-state index < -0.39 is 17.9 Å². The van der Waals surface area contributed by atoms with Crippen molar-refractivity contribution < 1.29 is 19.1 Å². The zero-order valence-electron chi connectivity index (χ0n) is 22.6. The van der Waals surface area contributed by atoms with Gasteiger partial charge in [0.2, 0.25) is 0 Å². The van der Waals surface area contributed by atoms with E-state index in [0.29, 0.717) is 32.7 Å². The van der Waals surface area contributed by atoms with Crippen LogP contribution in [-0.2, 0) is 14.3 Å². The Balaban J connectivity index is 1.44. The van der Waals surface area contributed by atoms with Crippen molar-refractivity contribution in [2.45, 2.75) is 33.7 Å². The van der Waals surface area contributed by atoms with Gasteiger partial charge in [-0.05, 0) is 76.3 Å². The Bertz CT molecular complexity index is 1500. The van der Waals surface area contributed by atoms with Gasteiger partial charge in [-0.25, -0.2) is 10.2 Å². The number of nitrogens with zero attached hydrogens (tertiary/aromatic N) is 2. The fourth-order valence-corrected chi connectivity index (χ4v) is 4.91. The summed E-state index contributed by atoms with van der Waals surface area (Å²) in [5.74, 6) is -0.488. The first-order valence-electron chi connectivity index (χ1n) is 12.6. The maximum atomic E-state index is 12.7. The highest BCUT2D eigenvalue weighted by atomic mass is 35.5. The number of nitrogens with one attached hydrogen (secondary N) is 3. The molecule has 208 valence electrons. The number of ether oxygens (including phenoxy) is 2. The number of rotatable bonds is 9. The first-order valence-corrected chi connectivity index (χ1v) is 13.4. The molecule has 11 heteroatoms. The molecule has 4 rings (SSSR count). The van der Waals surface area contributed by atoms with Crippen LogP contribution in [0.15, 0.2) is 71.0 Å². The summed E-state index contributed by atoms with van der Waals surface area (Å²) >= 11 is 11.3. The van der Waals surface area contributed by atoms with Crippen LogP contribution in [0.2, 0.25) is 5.02 Å². The topological polar surface area (TPSA) is 106 Å². The SMILES string of the molecule is CCOC(=O)C1=C(C)NC(=S)N[C@H]1c1ccccc1OCC(=O)NN=Cc1cc(C)n(-c2ccc(Cl)cc2)c1C. The fraction of sp³-hybridized carbons (Fsp3) is 0.241. The number of halogens is 1. The van der Waals surface area contributed by atoms with Crippen molar-refractivity contribution in [1.82, 2.24) is 20.6 Å². The first-order chi connectivity index (χ1) is 19.2. The number of amides is 1. The van der Waals surface area contributed by atoms with Gasteiger partial charge in [-0.15, -0.1) is 0 Å². The van der Waals surface area contributed by atoms with Crippen molar-refractivity contribution in [3.8, 4) is 11.4 Å². The van der Waals surface area contributed by atoms with Crippen LogP contribution in [0, 0.1) is 13.8 Å². The van der Waals surface area contributed by atoms with Crippen molar-refractivity contribution in [3.05, 3.63) is 93.4 Å². The molecule has 1 atom stereocenters. The largest absolute Gasteiger partial charge is 0.483 e. The van der Waals surface area contributed by atoms with Crippen LogP contribution < -0.4 is 20.8 Å². The molecule has 0 aliphatic carbocycles. The summed E-state index contributed by atoms with van der Waals surface area (Å²) < 4.78 is 13.2. The van der Waals surface area contributed by atoms with E-state index in [0.717, 1.165) is 22.6 Å². The molecule has 1 aromatic heterocycles. The van der Waals surface area contributed by atoms with E-state index in [4.69, 9.17) is 33.3 Å². The number of allylic oxidation sites excluding steroid dienone is 1. The third kappa shape index (κ3) is 6.52. The van der Waals surface area contributed by atoms with Crippen LogP contribution in [0.4, 0.5) is 0 Å². The molecule has 2 heterocycles. The minimum Gasteiger partial charge on any atom is -0.483 e. The van der Waals surface area contributed by atoms with Crippen LogP contribution in [0.3, 0.4) is 0 Å². The van der Waals surface area contributed by atoms with E-state index in [1.54, 1.807) is 38.3 Å². The van der Waals surface area contributed by atoms with Crippen LogP contribution in [0.1, 0.15) is 42.4 Å². The molecule has 0 bridgehead atoms. The monoisotopic (exact) mass is 579 g/mol. The van der Waals surface area contributed by atoms with Crippen molar-refractivity contribution >= 4 is 47.0 Å². The molecule has 0 unspecified atom stereocenters. The number of hydrazone groups is 1. The van der Waals surface area contributed by atoms with Gasteiger partial charge in [-0.2, -0.15) is 5.10 Å². The van der Waals surface area contributed by atoms with Crippen LogP contribution >= 0.6 is 23.8 Å². The van der Waals surface area contributed by atoms with Gasteiger partial charge in [0.25, 0.3) is 5.91 Å². The van der Waals surface area contributed by atoms with Crippen LogP contribution in [0.5, 0.6) is 5.75 Å².